The van der Waals surface area contributed by atoms with E-state index < -0.39 is 5.97 Å². The van der Waals surface area contributed by atoms with Crippen LogP contribution >= 0.6 is 0 Å². The minimum Gasteiger partial charge on any atom is -0.451 e. The lowest BCUT2D eigenvalue weighted by atomic mass is 10.1. The smallest absolute Gasteiger partial charge is 0.359 e. The van der Waals surface area contributed by atoms with Crippen molar-refractivity contribution >= 4 is 22.6 Å². The largest absolute Gasteiger partial charge is 0.451 e. The van der Waals surface area contributed by atoms with Crippen LogP contribution in [0.1, 0.15) is 35.9 Å². The Balaban J connectivity index is 1.37. The van der Waals surface area contributed by atoms with Gasteiger partial charge in [-0.1, -0.05) is 48.5 Å². The molecule has 0 spiro atoms. The van der Waals surface area contributed by atoms with Crippen molar-refractivity contribution in [2.45, 2.75) is 26.4 Å². The zero-order valence-electron chi connectivity index (χ0n) is 18.9. The molecule has 1 fully saturated rings. The maximum Gasteiger partial charge on any atom is 0.359 e. The molecule has 1 aliphatic rings. The summed E-state index contributed by atoms with van der Waals surface area (Å²) >= 11 is 0. The highest BCUT2D eigenvalue weighted by Gasteiger charge is 2.24. The van der Waals surface area contributed by atoms with Crippen LogP contribution in [0.15, 0.2) is 59.4 Å². The van der Waals surface area contributed by atoms with Crippen molar-refractivity contribution in [2.24, 2.45) is 0 Å². The van der Waals surface area contributed by atoms with E-state index in [9.17, 15) is 14.4 Å². The highest BCUT2D eigenvalue weighted by atomic mass is 16.5. The maximum absolute atomic E-state index is 12.8. The Kier molecular flexibility index (Phi) is 6.84. The number of fused-ring (bicyclic) bond motifs is 1. The summed E-state index contributed by atoms with van der Waals surface area (Å²) in [7, 11) is 0. The fraction of sp³-hybridized carbons (Fsp3) is 0.360. The van der Waals surface area contributed by atoms with Gasteiger partial charge in [-0.2, -0.15) is 5.10 Å². The van der Waals surface area contributed by atoms with E-state index in [-0.39, 0.29) is 29.8 Å². The van der Waals surface area contributed by atoms with E-state index in [1.807, 2.05) is 32.0 Å². The van der Waals surface area contributed by atoms with Crippen molar-refractivity contribution < 1.29 is 14.3 Å². The van der Waals surface area contributed by atoms with Gasteiger partial charge in [0.05, 0.1) is 11.4 Å². The van der Waals surface area contributed by atoms with Gasteiger partial charge in [-0.05, 0) is 25.5 Å². The average Bonchev–Trinajstić information content (AvgIpc) is 2.83. The van der Waals surface area contributed by atoms with Gasteiger partial charge in [0.15, 0.2) is 12.3 Å². The van der Waals surface area contributed by atoms with E-state index >= 15 is 0 Å². The monoisotopic (exact) mass is 448 g/mol. The molecule has 0 atom stereocenters. The normalized spacial score (nSPS) is 14.6. The number of piperazine rings is 1. The van der Waals surface area contributed by atoms with E-state index in [1.54, 1.807) is 29.2 Å². The number of carbonyl (C=O) groups excluding carboxylic acids is 2. The van der Waals surface area contributed by atoms with Gasteiger partial charge in [-0.25, -0.2) is 9.48 Å². The Labute approximate surface area is 192 Å². The summed E-state index contributed by atoms with van der Waals surface area (Å²) in [6.45, 7) is 6.83. The van der Waals surface area contributed by atoms with Crippen molar-refractivity contribution in [1.29, 1.82) is 0 Å². The van der Waals surface area contributed by atoms with Gasteiger partial charge in [-0.15, -0.1) is 0 Å². The Hall–Kier alpha value is -3.52. The molecule has 2 aromatic carbocycles. The number of benzene rings is 2. The molecule has 33 heavy (non-hydrogen) atoms. The first-order valence-electron chi connectivity index (χ1n) is 11.2. The molecule has 8 heteroatoms. The molecule has 0 saturated carbocycles. The van der Waals surface area contributed by atoms with Crippen LogP contribution in [0.4, 0.5) is 0 Å². The number of esters is 1. The molecule has 1 aliphatic heterocycles. The molecule has 3 aromatic rings. The number of rotatable bonds is 6. The minimum atomic E-state index is -0.711. The molecular formula is C25H28N4O4. The first-order valence-corrected chi connectivity index (χ1v) is 11.2. The summed E-state index contributed by atoms with van der Waals surface area (Å²) in [5, 5.41) is 5.06. The first kappa shape index (κ1) is 22.7. The second-order valence-electron chi connectivity index (χ2n) is 8.46. The van der Waals surface area contributed by atoms with Gasteiger partial charge in [0, 0.05) is 38.1 Å². The molecule has 0 N–H and O–H groups in total. The van der Waals surface area contributed by atoms with Crippen LogP contribution in [-0.2, 0) is 16.1 Å². The third-order valence-electron chi connectivity index (χ3n) is 5.81. The third-order valence-corrected chi connectivity index (χ3v) is 5.81. The van der Waals surface area contributed by atoms with Crippen molar-refractivity contribution in [3.8, 4) is 0 Å². The molecule has 0 aliphatic carbocycles. The minimum absolute atomic E-state index is 0.0411. The van der Waals surface area contributed by atoms with Crippen LogP contribution in [0.5, 0.6) is 0 Å². The van der Waals surface area contributed by atoms with Crippen molar-refractivity contribution in [3.63, 3.8) is 0 Å². The van der Waals surface area contributed by atoms with E-state index in [4.69, 9.17) is 4.74 Å². The summed E-state index contributed by atoms with van der Waals surface area (Å²) < 4.78 is 6.60. The van der Waals surface area contributed by atoms with Gasteiger partial charge in [-0.3, -0.25) is 14.5 Å². The fourth-order valence-corrected chi connectivity index (χ4v) is 3.99. The maximum atomic E-state index is 12.8. The SMILES string of the molecule is CC(C)n1nc(C(=O)OCC(=O)N2CCN(Cc3ccccc3)CC2)c2ccccc2c1=O. The number of hydrogen-bond acceptors (Lipinski definition) is 6. The summed E-state index contributed by atoms with van der Waals surface area (Å²) in [5.41, 5.74) is 1.02. The van der Waals surface area contributed by atoms with E-state index in [2.05, 4.69) is 22.1 Å². The lowest BCUT2D eigenvalue weighted by Gasteiger charge is -2.34. The molecule has 4 rings (SSSR count). The standard InChI is InChI=1S/C25H28N4O4/c1-18(2)29-24(31)21-11-7-6-10-20(21)23(26-29)25(32)33-17-22(30)28-14-12-27(13-15-28)16-19-8-4-3-5-9-19/h3-11,18H,12-17H2,1-2H3. The van der Waals surface area contributed by atoms with Gasteiger partial charge in [0.2, 0.25) is 0 Å². The number of amides is 1. The van der Waals surface area contributed by atoms with Crippen molar-refractivity contribution in [2.75, 3.05) is 32.8 Å². The average molecular weight is 449 g/mol. The number of nitrogens with zero attached hydrogens (tertiary/aromatic N) is 4. The van der Waals surface area contributed by atoms with Gasteiger partial charge < -0.3 is 9.64 Å². The topological polar surface area (TPSA) is 84.7 Å². The molecular weight excluding hydrogens is 420 g/mol. The molecule has 8 nitrogen and oxygen atoms in total. The summed E-state index contributed by atoms with van der Waals surface area (Å²) in [4.78, 5) is 42.1. The van der Waals surface area contributed by atoms with Crippen molar-refractivity contribution in [3.05, 3.63) is 76.2 Å². The Morgan fingerprint density at radius 3 is 2.24 bits per heavy atom. The summed E-state index contributed by atoms with van der Waals surface area (Å²) in [6.07, 6.45) is 0. The van der Waals surface area contributed by atoms with Crippen LogP contribution in [0.3, 0.4) is 0 Å². The highest BCUT2D eigenvalue weighted by molar-refractivity contribution is 6.02. The predicted octanol–water partition coefficient (Wildman–Crippen LogP) is 2.48. The second kappa shape index (κ2) is 9.95. The molecule has 0 radical (unpaired) electrons. The van der Waals surface area contributed by atoms with Gasteiger partial charge in [0.1, 0.15) is 0 Å². The summed E-state index contributed by atoms with van der Waals surface area (Å²) in [6, 6.07) is 16.8. The molecule has 1 amide bonds. The van der Waals surface area contributed by atoms with Crippen LogP contribution in [0.2, 0.25) is 0 Å². The number of ether oxygens (including phenoxy) is 1. The van der Waals surface area contributed by atoms with Crippen molar-refractivity contribution in [1.82, 2.24) is 19.6 Å². The molecule has 1 saturated heterocycles. The zero-order valence-corrected chi connectivity index (χ0v) is 18.9. The third kappa shape index (κ3) is 5.12. The lowest BCUT2D eigenvalue weighted by Crippen LogP contribution is -2.49. The molecule has 1 aromatic heterocycles. The van der Waals surface area contributed by atoms with Crippen LogP contribution in [-0.4, -0.2) is 64.2 Å². The number of hydrogen-bond donors (Lipinski definition) is 0. The Morgan fingerprint density at radius 2 is 1.58 bits per heavy atom. The zero-order chi connectivity index (χ0) is 23.4. The number of aromatic nitrogens is 2. The summed E-state index contributed by atoms with van der Waals surface area (Å²) in [5.74, 6) is -0.944. The van der Waals surface area contributed by atoms with Gasteiger partial charge in [0.25, 0.3) is 11.5 Å². The quantitative estimate of drug-likeness (QED) is 0.539. The van der Waals surface area contributed by atoms with Crippen LogP contribution in [0, 0.1) is 0 Å². The first-order chi connectivity index (χ1) is 15.9. The fourth-order valence-electron chi connectivity index (χ4n) is 3.99. The van der Waals surface area contributed by atoms with E-state index in [0.717, 1.165) is 19.6 Å². The molecule has 2 heterocycles. The van der Waals surface area contributed by atoms with Crippen LogP contribution < -0.4 is 5.56 Å². The number of carbonyl (C=O) groups is 2. The molecule has 0 unspecified atom stereocenters. The molecule has 0 bridgehead atoms. The van der Waals surface area contributed by atoms with Gasteiger partial charge >= 0.3 is 5.97 Å². The second-order valence-corrected chi connectivity index (χ2v) is 8.46. The molecule has 172 valence electrons. The predicted molar refractivity (Wildman–Crippen MR) is 125 cm³/mol. The lowest BCUT2D eigenvalue weighted by molar-refractivity contribution is -0.136. The van der Waals surface area contributed by atoms with E-state index in [1.165, 1.54) is 10.2 Å². The Bertz CT molecular complexity index is 1200. The van der Waals surface area contributed by atoms with E-state index in [0.29, 0.717) is 23.9 Å². The Morgan fingerprint density at radius 1 is 0.939 bits per heavy atom. The highest BCUT2D eigenvalue weighted by Crippen LogP contribution is 2.16. The van der Waals surface area contributed by atoms with Crippen LogP contribution in [0.25, 0.3) is 10.8 Å².